The molecule has 64 valence electrons. The Morgan fingerprint density at radius 3 is 2.45 bits per heavy atom. The van der Waals surface area contributed by atoms with Crippen LogP contribution in [0, 0.1) is 0 Å². The Labute approximate surface area is 65.0 Å². The van der Waals surface area contributed by atoms with E-state index in [0.29, 0.717) is 6.42 Å². The van der Waals surface area contributed by atoms with Crippen LogP contribution < -0.4 is 5.73 Å². The van der Waals surface area contributed by atoms with Gasteiger partial charge in [0.05, 0.1) is 0 Å². The summed E-state index contributed by atoms with van der Waals surface area (Å²) in [5.74, 6) is -1.06. The fraction of sp³-hybridized carbons (Fsp3) is 0.800. The molecule has 0 aliphatic carbocycles. The molecule has 0 fully saturated rings. The predicted molar refractivity (Wildman–Crippen MR) is 39.8 cm³/mol. The van der Waals surface area contributed by atoms with Crippen LogP contribution in [0.2, 0.25) is 6.32 Å². The van der Waals surface area contributed by atoms with Gasteiger partial charge in [-0.15, -0.1) is 0 Å². The molecule has 5 nitrogen and oxygen atoms in total. The first-order chi connectivity index (χ1) is 5.04. The average Bonchev–Trinajstić information content (AvgIpc) is 1.86. The van der Waals surface area contributed by atoms with Crippen LogP contribution in [0.15, 0.2) is 0 Å². The number of carbonyl (C=O) groups is 1. The van der Waals surface area contributed by atoms with E-state index in [4.69, 9.17) is 20.9 Å². The quantitative estimate of drug-likeness (QED) is 0.373. The van der Waals surface area contributed by atoms with Gasteiger partial charge in [0.25, 0.3) is 0 Å². The highest BCUT2D eigenvalue weighted by molar-refractivity contribution is 6.40. The Balaban J connectivity index is 3.31. The van der Waals surface area contributed by atoms with E-state index in [1.807, 2.05) is 0 Å². The number of hydrogen-bond donors (Lipinski definition) is 4. The third-order valence-electron chi connectivity index (χ3n) is 1.29. The Kier molecular flexibility index (Phi) is 4.84. The topological polar surface area (TPSA) is 104 Å². The van der Waals surface area contributed by atoms with Gasteiger partial charge in [0, 0.05) is 0 Å². The van der Waals surface area contributed by atoms with Crippen molar-refractivity contribution in [2.75, 3.05) is 0 Å². The summed E-state index contributed by atoms with van der Waals surface area (Å²) in [7, 11) is -1.36. The van der Waals surface area contributed by atoms with E-state index in [9.17, 15) is 4.79 Å². The maximum atomic E-state index is 10.1. The fourth-order valence-corrected chi connectivity index (χ4v) is 0.644. The Morgan fingerprint density at radius 2 is 2.09 bits per heavy atom. The zero-order valence-corrected chi connectivity index (χ0v) is 6.10. The number of hydrogen-bond acceptors (Lipinski definition) is 4. The van der Waals surface area contributed by atoms with Crippen molar-refractivity contribution in [2.45, 2.75) is 25.2 Å². The number of nitrogens with two attached hydrogens (primary N) is 1. The number of carboxylic acid groups (broad SMARTS) is 1. The molecule has 0 aliphatic heterocycles. The van der Waals surface area contributed by atoms with Gasteiger partial charge in [-0.3, -0.25) is 4.79 Å². The van der Waals surface area contributed by atoms with Gasteiger partial charge < -0.3 is 20.9 Å². The summed E-state index contributed by atoms with van der Waals surface area (Å²) in [5, 5.41) is 25.0. The largest absolute Gasteiger partial charge is 0.480 e. The average molecular weight is 161 g/mol. The summed E-state index contributed by atoms with van der Waals surface area (Å²) in [5.41, 5.74) is 5.14. The molecule has 0 bridgehead atoms. The van der Waals surface area contributed by atoms with Gasteiger partial charge in [0.1, 0.15) is 6.04 Å². The fourth-order valence-electron chi connectivity index (χ4n) is 0.644. The molecule has 0 radical (unpaired) electrons. The summed E-state index contributed by atoms with van der Waals surface area (Å²) < 4.78 is 0. The monoisotopic (exact) mass is 161 g/mol. The molecule has 0 spiro atoms. The van der Waals surface area contributed by atoms with Crippen LogP contribution in [0.25, 0.3) is 0 Å². The van der Waals surface area contributed by atoms with Crippen molar-refractivity contribution < 1.29 is 19.9 Å². The summed E-state index contributed by atoms with van der Waals surface area (Å²) in [6.07, 6.45) is 0.846. The van der Waals surface area contributed by atoms with Crippen LogP contribution in [0.3, 0.4) is 0 Å². The van der Waals surface area contributed by atoms with Gasteiger partial charge in [-0.05, 0) is 12.7 Å². The zero-order chi connectivity index (χ0) is 8.85. The molecular formula is C5H12BNO4. The van der Waals surface area contributed by atoms with Gasteiger partial charge in [-0.25, -0.2) is 0 Å². The minimum Gasteiger partial charge on any atom is -0.480 e. The first-order valence-electron chi connectivity index (χ1n) is 3.38. The van der Waals surface area contributed by atoms with Crippen LogP contribution in [-0.4, -0.2) is 34.3 Å². The molecule has 0 rings (SSSR count). The molecule has 1 unspecified atom stereocenters. The predicted octanol–water partition coefficient (Wildman–Crippen LogP) is -1.35. The second-order valence-electron chi connectivity index (χ2n) is 2.36. The van der Waals surface area contributed by atoms with E-state index in [-0.39, 0.29) is 12.7 Å². The van der Waals surface area contributed by atoms with Crippen molar-refractivity contribution in [3.63, 3.8) is 0 Å². The maximum Gasteiger partial charge on any atom is 0.451 e. The minimum absolute atomic E-state index is 0.168. The number of aliphatic carboxylic acids is 1. The highest BCUT2D eigenvalue weighted by Gasteiger charge is 2.12. The Bertz CT molecular complexity index is 130. The van der Waals surface area contributed by atoms with Gasteiger partial charge >= 0.3 is 13.1 Å². The summed E-state index contributed by atoms with van der Waals surface area (Å²) in [6, 6.07) is -0.895. The Hall–Kier alpha value is -0.585. The summed E-state index contributed by atoms with van der Waals surface area (Å²) in [6.45, 7) is 0. The van der Waals surface area contributed by atoms with E-state index in [1.54, 1.807) is 0 Å². The molecule has 11 heavy (non-hydrogen) atoms. The molecule has 0 saturated heterocycles. The lowest BCUT2D eigenvalue weighted by atomic mass is 9.83. The standard InChI is InChI=1S/C5H12BNO4/c7-4(5(8)9)2-1-3-6(10)11/h4,10-11H,1-3,7H2,(H,8,9). The van der Waals surface area contributed by atoms with Crippen LogP contribution in [0.4, 0.5) is 0 Å². The highest BCUT2D eigenvalue weighted by atomic mass is 16.4. The van der Waals surface area contributed by atoms with Gasteiger partial charge in [0.2, 0.25) is 0 Å². The second kappa shape index (κ2) is 5.12. The van der Waals surface area contributed by atoms with Crippen molar-refractivity contribution in [3.8, 4) is 0 Å². The lowest BCUT2D eigenvalue weighted by molar-refractivity contribution is -0.138. The van der Waals surface area contributed by atoms with Gasteiger partial charge in [0.15, 0.2) is 0 Å². The van der Waals surface area contributed by atoms with E-state index in [0.717, 1.165) is 0 Å². The first-order valence-corrected chi connectivity index (χ1v) is 3.38. The van der Waals surface area contributed by atoms with Gasteiger partial charge in [-0.2, -0.15) is 0 Å². The van der Waals surface area contributed by atoms with E-state index in [1.165, 1.54) is 0 Å². The molecule has 5 N–H and O–H groups in total. The lowest BCUT2D eigenvalue weighted by Gasteiger charge is -2.04. The van der Waals surface area contributed by atoms with Crippen LogP contribution >= 0.6 is 0 Å². The molecule has 0 saturated carbocycles. The normalized spacial score (nSPS) is 12.6. The maximum absolute atomic E-state index is 10.1. The molecule has 0 amide bonds. The van der Waals surface area contributed by atoms with Crippen molar-refractivity contribution in [1.82, 2.24) is 0 Å². The molecule has 0 heterocycles. The van der Waals surface area contributed by atoms with Crippen molar-refractivity contribution in [3.05, 3.63) is 0 Å². The van der Waals surface area contributed by atoms with Crippen LogP contribution in [0.5, 0.6) is 0 Å². The number of rotatable bonds is 5. The van der Waals surface area contributed by atoms with Crippen molar-refractivity contribution >= 4 is 13.1 Å². The molecule has 0 aromatic carbocycles. The third kappa shape index (κ3) is 5.84. The summed E-state index contributed by atoms with van der Waals surface area (Å²) >= 11 is 0. The van der Waals surface area contributed by atoms with E-state index in [2.05, 4.69) is 0 Å². The highest BCUT2D eigenvalue weighted by Crippen LogP contribution is 2.00. The Morgan fingerprint density at radius 1 is 1.55 bits per heavy atom. The molecule has 0 aliphatic rings. The third-order valence-corrected chi connectivity index (χ3v) is 1.29. The van der Waals surface area contributed by atoms with Gasteiger partial charge in [-0.1, -0.05) is 6.42 Å². The summed E-state index contributed by atoms with van der Waals surface area (Å²) in [4.78, 5) is 10.1. The van der Waals surface area contributed by atoms with Crippen molar-refractivity contribution in [1.29, 1.82) is 0 Å². The molecular weight excluding hydrogens is 149 g/mol. The minimum atomic E-state index is -1.36. The smallest absolute Gasteiger partial charge is 0.451 e. The second-order valence-corrected chi connectivity index (χ2v) is 2.36. The van der Waals surface area contributed by atoms with Crippen LogP contribution in [0.1, 0.15) is 12.8 Å². The number of carboxylic acids is 1. The first kappa shape index (κ1) is 10.4. The SMILES string of the molecule is NC(CCCB(O)O)C(=O)O. The zero-order valence-electron chi connectivity index (χ0n) is 6.10. The lowest BCUT2D eigenvalue weighted by Crippen LogP contribution is -2.30. The molecule has 0 aromatic rings. The molecule has 0 aromatic heterocycles. The molecule has 1 atom stereocenters. The molecule has 6 heteroatoms. The van der Waals surface area contributed by atoms with E-state index < -0.39 is 19.1 Å². The van der Waals surface area contributed by atoms with Crippen molar-refractivity contribution in [2.24, 2.45) is 5.73 Å². The van der Waals surface area contributed by atoms with E-state index >= 15 is 0 Å². The van der Waals surface area contributed by atoms with Crippen LogP contribution in [-0.2, 0) is 4.79 Å².